The lowest BCUT2D eigenvalue weighted by atomic mass is 10.2. The highest BCUT2D eigenvalue weighted by Gasteiger charge is 2.18. The van der Waals surface area contributed by atoms with Crippen LogP contribution in [0.25, 0.3) is 10.1 Å². The molecule has 3 aromatic rings. The highest BCUT2D eigenvalue weighted by atomic mass is 35.5. The Kier molecular flexibility index (Phi) is 4.06. The molecular formula is C15H12ClN3O3S. The molecule has 1 amide bonds. The second-order valence-electron chi connectivity index (χ2n) is 4.80. The minimum absolute atomic E-state index is 0.256. The number of aryl methyl sites for hydroxylation is 1. The van der Waals surface area contributed by atoms with Gasteiger partial charge in [-0.2, -0.15) is 5.10 Å². The van der Waals surface area contributed by atoms with E-state index in [0.717, 1.165) is 10.1 Å². The summed E-state index contributed by atoms with van der Waals surface area (Å²) < 4.78 is 7.06. The van der Waals surface area contributed by atoms with Gasteiger partial charge in [0.15, 0.2) is 0 Å². The number of halogens is 1. The zero-order chi connectivity index (χ0) is 16.6. The summed E-state index contributed by atoms with van der Waals surface area (Å²) in [7, 11) is 3.05. The van der Waals surface area contributed by atoms with Gasteiger partial charge in [0.1, 0.15) is 4.88 Å². The number of anilines is 1. The van der Waals surface area contributed by atoms with Gasteiger partial charge in [-0.1, -0.05) is 11.6 Å². The number of carbonyl (C=O) groups is 2. The number of hydrogen-bond acceptors (Lipinski definition) is 5. The van der Waals surface area contributed by atoms with Gasteiger partial charge < -0.3 is 10.1 Å². The first-order valence-corrected chi connectivity index (χ1v) is 7.79. The Morgan fingerprint density at radius 1 is 1.39 bits per heavy atom. The molecule has 23 heavy (non-hydrogen) atoms. The van der Waals surface area contributed by atoms with Gasteiger partial charge in [-0.25, -0.2) is 4.79 Å². The number of esters is 1. The lowest BCUT2D eigenvalue weighted by Crippen LogP contribution is -2.10. The molecule has 0 unspecified atom stereocenters. The van der Waals surface area contributed by atoms with E-state index < -0.39 is 5.97 Å². The normalized spacial score (nSPS) is 10.7. The Balaban J connectivity index is 1.91. The van der Waals surface area contributed by atoms with Gasteiger partial charge in [-0.3, -0.25) is 9.48 Å². The van der Waals surface area contributed by atoms with E-state index in [4.69, 9.17) is 16.3 Å². The Hall–Kier alpha value is -2.38. The first-order valence-electron chi connectivity index (χ1n) is 6.60. The lowest BCUT2D eigenvalue weighted by molar-refractivity contribution is 0.0606. The van der Waals surface area contributed by atoms with Gasteiger partial charge in [-0.15, -0.1) is 11.3 Å². The fourth-order valence-electron chi connectivity index (χ4n) is 2.11. The van der Waals surface area contributed by atoms with Crippen molar-refractivity contribution in [2.45, 2.75) is 0 Å². The summed E-state index contributed by atoms with van der Waals surface area (Å²) in [5.41, 5.74) is 1.08. The minimum Gasteiger partial charge on any atom is -0.465 e. The summed E-state index contributed by atoms with van der Waals surface area (Å²) in [6, 6.07) is 5.27. The molecule has 0 aliphatic heterocycles. The van der Waals surface area contributed by atoms with Crippen LogP contribution in [0.15, 0.2) is 30.6 Å². The van der Waals surface area contributed by atoms with Crippen molar-refractivity contribution in [1.29, 1.82) is 0 Å². The van der Waals surface area contributed by atoms with Crippen LogP contribution in [0, 0.1) is 0 Å². The number of methoxy groups -OCH3 is 1. The van der Waals surface area contributed by atoms with E-state index in [-0.39, 0.29) is 5.91 Å². The van der Waals surface area contributed by atoms with Crippen molar-refractivity contribution in [1.82, 2.24) is 9.78 Å². The van der Waals surface area contributed by atoms with E-state index in [9.17, 15) is 9.59 Å². The van der Waals surface area contributed by atoms with E-state index in [1.807, 2.05) is 0 Å². The minimum atomic E-state index is -0.475. The summed E-state index contributed by atoms with van der Waals surface area (Å²) in [4.78, 5) is 24.2. The molecule has 0 radical (unpaired) electrons. The monoisotopic (exact) mass is 349 g/mol. The zero-order valence-corrected chi connectivity index (χ0v) is 13.9. The fourth-order valence-corrected chi connectivity index (χ4v) is 3.57. The number of hydrogen-bond donors (Lipinski definition) is 1. The molecular weight excluding hydrogens is 338 g/mol. The number of rotatable bonds is 3. The molecule has 0 aliphatic rings. The number of ether oxygens (including phenoxy) is 1. The van der Waals surface area contributed by atoms with Crippen LogP contribution in [0.3, 0.4) is 0 Å². The molecule has 1 N–H and O–H groups in total. The number of nitrogens with one attached hydrogen (secondary N) is 1. The SMILES string of the molecule is COC(=O)c1sc2cc(NC(=O)c3cnn(C)c3)ccc2c1Cl. The van der Waals surface area contributed by atoms with Gasteiger partial charge in [0.05, 0.1) is 23.9 Å². The largest absolute Gasteiger partial charge is 0.465 e. The number of aromatic nitrogens is 2. The molecule has 8 heteroatoms. The average molecular weight is 350 g/mol. The second-order valence-corrected chi connectivity index (χ2v) is 6.23. The van der Waals surface area contributed by atoms with Gasteiger partial charge in [0.2, 0.25) is 0 Å². The van der Waals surface area contributed by atoms with Gasteiger partial charge in [-0.05, 0) is 18.2 Å². The first kappa shape index (κ1) is 15.5. The summed E-state index contributed by atoms with van der Waals surface area (Å²) >= 11 is 7.42. The van der Waals surface area contributed by atoms with Crippen molar-refractivity contribution in [3.05, 3.63) is 46.1 Å². The number of carbonyl (C=O) groups excluding carboxylic acids is 2. The third-order valence-electron chi connectivity index (χ3n) is 3.23. The first-order chi connectivity index (χ1) is 11.0. The van der Waals surface area contributed by atoms with Crippen LogP contribution in [0.4, 0.5) is 5.69 Å². The van der Waals surface area contributed by atoms with Crippen LogP contribution in [0.5, 0.6) is 0 Å². The van der Waals surface area contributed by atoms with Gasteiger partial charge in [0.25, 0.3) is 5.91 Å². The Labute approximate surface area is 140 Å². The Morgan fingerprint density at radius 2 is 2.17 bits per heavy atom. The Bertz CT molecular complexity index is 916. The number of thiophene rings is 1. The van der Waals surface area contributed by atoms with Crippen LogP contribution in [0.1, 0.15) is 20.0 Å². The van der Waals surface area contributed by atoms with Crippen LogP contribution in [-0.2, 0) is 11.8 Å². The predicted molar refractivity (Wildman–Crippen MR) is 89.3 cm³/mol. The van der Waals surface area contributed by atoms with Crippen LogP contribution < -0.4 is 5.32 Å². The highest BCUT2D eigenvalue weighted by Crippen LogP contribution is 2.37. The molecule has 0 atom stereocenters. The fraction of sp³-hybridized carbons (Fsp3) is 0.133. The topological polar surface area (TPSA) is 73.2 Å². The van der Waals surface area contributed by atoms with Gasteiger partial charge in [0, 0.05) is 29.0 Å². The van der Waals surface area contributed by atoms with E-state index in [1.54, 1.807) is 36.1 Å². The summed E-state index contributed by atoms with van der Waals surface area (Å²) in [5.74, 6) is -0.731. The van der Waals surface area contributed by atoms with Crippen molar-refractivity contribution in [2.75, 3.05) is 12.4 Å². The van der Waals surface area contributed by atoms with E-state index in [1.165, 1.54) is 24.6 Å². The number of nitrogens with zero attached hydrogens (tertiary/aromatic N) is 2. The standard InChI is InChI=1S/C15H12ClN3O3S/c1-19-7-8(6-17-19)14(20)18-9-3-4-10-11(5-9)23-13(12(10)16)15(21)22-2/h3-7H,1-2H3,(H,18,20). The molecule has 1 aromatic carbocycles. The summed E-state index contributed by atoms with van der Waals surface area (Å²) in [6.45, 7) is 0. The van der Waals surface area contributed by atoms with Crippen molar-refractivity contribution in [2.24, 2.45) is 7.05 Å². The molecule has 0 aliphatic carbocycles. The predicted octanol–water partition coefficient (Wildman–Crippen LogP) is 3.33. The maximum absolute atomic E-state index is 12.1. The summed E-state index contributed by atoms with van der Waals surface area (Å²) in [6.07, 6.45) is 3.12. The maximum atomic E-state index is 12.1. The number of amides is 1. The van der Waals surface area contributed by atoms with Crippen LogP contribution in [-0.4, -0.2) is 28.8 Å². The Morgan fingerprint density at radius 3 is 2.83 bits per heavy atom. The van der Waals surface area contributed by atoms with E-state index in [2.05, 4.69) is 10.4 Å². The molecule has 3 rings (SSSR count). The molecule has 2 aromatic heterocycles. The lowest BCUT2D eigenvalue weighted by Gasteiger charge is -2.03. The molecule has 2 heterocycles. The van der Waals surface area contributed by atoms with Crippen LogP contribution >= 0.6 is 22.9 Å². The smallest absolute Gasteiger partial charge is 0.349 e. The van der Waals surface area contributed by atoms with Crippen molar-refractivity contribution >= 4 is 50.6 Å². The van der Waals surface area contributed by atoms with Crippen molar-refractivity contribution in [3.8, 4) is 0 Å². The number of fused-ring (bicyclic) bond motifs is 1. The molecule has 0 saturated carbocycles. The molecule has 0 fully saturated rings. The van der Waals surface area contributed by atoms with Crippen LogP contribution in [0.2, 0.25) is 5.02 Å². The summed E-state index contributed by atoms with van der Waals surface area (Å²) in [5, 5.41) is 7.86. The average Bonchev–Trinajstić information content (AvgIpc) is 3.10. The molecule has 0 saturated heterocycles. The quantitative estimate of drug-likeness (QED) is 0.736. The third-order valence-corrected chi connectivity index (χ3v) is 4.86. The van der Waals surface area contributed by atoms with Crippen molar-refractivity contribution < 1.29 is 14.3 Å². The molecule has 0 spiro atoms. The zero-order valence-electron chi connectivity index (χ0n) is 12.3. The molecule has 118 valence electrons. The van der Waals surface area contributed by atoms with Gasteiger partial charge >= 0.3 is 5.97 Å². The molecule has 0 bridgehead atoms. The number of benzene rings is 1. The van der Waals surface area contributed by atoms with E-state index >= 15 is 0 Å². The third kappa shape index (κ3) is 2.93. The highest BCUT2D eigenvalue weighted by molar-refractivity contribution is 7.21. The van der Waals surface area contributed by atoms with Crippen molar-refractivity contribution in [3.63, 3.8) is 0 Å². The maximum Gasteiger partial charge on any atom is 0.349 e. The second kappa shape index (κ2) is 6.02. The molecule has 6 nitrogen and oxygen atoms in total. The van der Waals surface area contributed by atoms with E-state index in [0.29, 0.717) is 21.2 Å².